The van der Waals surface area contributed by atoms with Crippen LogP contribution in [0.15, 0.2) is 24.3 Å². The molecule has 0 spiro atoms. The fourth-order valence-corrected chi connectivity index (χ4v) is 3.09. The first-order chi connectivity index (χ1) is 9.80. The largest absolute Gasteiger partial charge is 0.369 e. The van der Waals surface area contributed by atoms with Crippen LogP contribution < -0.4 is 10.7 Å². The first-order valence-electron chi connectivity index (χ1n) is 7.83. The topological polar surface area (TPSA) is 57.1 Å². The number of rotatable bonds is 5. The molecule has 1 aromatic rings. The summed E-state index contributed by atoms with van der Waals surface area (Å²) in [5.41, 5.74) is 9.12. The molecule has 0 radical (unpaired) electrons. The average molecular weight is 287 g/mol. The molecule has 0 aromatic heterocycles. The summed E-state index contributed by atoms with van der Waals surface area (Å²) in [7, 11) is 0. The van der Waals surface area contributed by atoms with Gasteiger partial charge in [-0.15, -0.1) is 0 Å². The Balaban J connectivity index is 2.41. The molecule has 2 rings (SSSR count). The van der Waals surface area contributed by atoms with Gasteiger partial charge in [-0.2, -0.15) is 0 Å². The van der Waals surface area contributed by atoms with E-state index in [0.29, 0.717) is 5.92 Å². The molecule has 0 aliphatic carbocycles. The molecule has 3 N–H and O–H groups in total. The highest BCUT2D eigenvalue weighted by Gasteiger charge is 2.38. The van der Waals surface area contributed by atoms with Gasteiger partial charge in [0.25, 0.3) is 0 Å². The van der Waals surface area contributed by atoms with Gasteiger partial charge in [-0.1, -0.05) is 32.0 Å². The molecule has 0 saturated carbocycles. The number of benzene rings is 1. The highest BCUT2D eigenvalue weighted by Crippen LogP contribution is 2.23. The monoisotopic (exact) mass is 287 g/mol. The standard InChI is InChI=1S/C18H26N2O/c1-12(2)9-10-15(17(19)21)16-14-8-6-5-7-13(14)11-18(3,4)20-16/h5-8,12,15H,9-11H2,1-4H3,(H2,19,21)/p+1. The minimum Gasteiger partial charge on any atom is -0.369 e. The smallest absolute Gasteiger partial charge is 0.231 e. The van der Waals surface area contributed by atoms with E-state index in [1.165, 1.54) is 5.56 Å². The molecular formula is C18H27N2O+. The van der Waals surface area contributed by atoms with E-state index >= 15 is 0 Å². The van der Waals surface area contributed by atoms with E-state index in [9.17, 15) is 4.79 Å². The van der Waals surface area contributed by atoms with Crippen LogP contribution in [-0.2, 0) is 11.2 Å². The summed E-state index contributed by atoms with van der Waals surface area (Å²) < 4.78 is 0. The summed E-state index contributed by atoms with van der Waals surface area (Å²) in [4.78, 5) is 15.6. The van der Waals surface area contributed by atoms with Crippen LogP contribution in [-0.4, -0.2) is 17.2 Å². The Morgan fingerprint density at radius 1 is 1.29 bits per heavy atom. The first-order valence-corrected chi connectivity index (χ1v) is 7.83. The van der Waals surface area contributed by atoms with E-state index in [2.05, 4.69) is 50.9 Å². The molecule has 1 amide bonds. The van der Waals surface area contributed by atoms with Crippen molar-refractivity contribution in [2.45, 2.75) is 52.5 Å². The molecular weight excluding hydrogens is 260 g/mol. The lowest BCUT2D eigenvalue weighted by Gasteiger charge is -2.26. The zero-order valence-electron chi connectivity index (χ0n) is 13.6. The third kappa shape index (κ3) is 3.72. The highest BCUT2D eigenvalue weighted by molar-refractivity contribution is 6.10. The number of fused-ring (bicyclic) bond motifs is 1. The third-order valence-electron chi connectivity index (χ3n) is 4.14. The molecule has 3 heteroatoms. The molecule has 114 valence electrons. The number of hydrogen-bond donors (Lipinski definition) is 2. The first kappa shape index (κ1) is 15.7. The Hall–Kier alpha value is -1.64. The van der Waals surface area contributed by atoms with E-state index < -0.39 is 0 Å². The van der Waals surface area contributed by atoms with Gasteiger partial charge in [-0.05, 0) is 30.4 Å². The van der Waals surface area contributed by atoms with Gasteiger partial charge in [0.05, 0.1) is 0 Å². The minimum atomic E-state index is -0.231. The molecule has 0 bridgehead atoms. The lowest BCUT2D eigenvalue weighted by Crippen LogP contribution is -2.89. The van der Waals surface area contributed by atoms with Gasteiger partial charge in [0.15, 0.2) is 11.3 Å². The van der Waals surface area contributed by atoms with E-state index in [4.69, 9.17) is 5.73 Å². The van der Waals surface area contributed by atoms with Crippen molar-refractivity contribution < 1.29 is 9.79 Å². The summed E-state index contributed by atoms with van der Waals surface area (Å²) in [6.45, 7) is 8.69. The number of amides is 1. The lowest BCUT2D eigenvalue weighted by molar-refractivity contribution is -0.547. The fraction of sp³-hybridized carbons (Fsp3) is 0.556. The second-order valence-electron chi connectivity index (χ2n) is 7.18. The van der Waals surface area contributed by atoms with E-state index in [-0.39, 0.29) is 17.4 Å². The zero-order valence-corrected chi connectivity index (χ0v) is 13.6. The summed E-state index contributed by atoms with van der Waals surface area (Å²) in [6.07, 6.45) is 2.77. The Kier molecular flexibility index (Phi) is 4.50. The maximum absolute atomic E-state index is 12.0. The Morgan fingerprint density at radius 2 is 1.95 bits per heavy atom. The van der Waals surface area contributed by atoms with Crippen molar-refractivity contribution in [3.8, 4) is 0 Å². The van der Waals surface area contributed by atoms with Crippen molar-refractivity contribution in [3.05, 3.63) is 35.4 Å². The molecule has 1 aliphatic heterocycles. The Morgan fingerprint density at radius 3 is 2.57 bits per heavy atom. The van der Waals surface area contributed by atoms with Crippen LogP contribution in [0.3, 0.4) is 0 Å². The summed E-state index contributed by atoms with van der Waals surface area (Å²) in [6, 6.07) is 8.33. The lowest BCUT2D eigenvalue weighted by atomic mass is 9.81. The highest BCUT2D eigenvalue weighted by atomic mass is 16.1. The van der Waals surface area contributed by atoms with E-state index in [1.807, 2.05) is 6.07 Å². The molecule has 21 heavy (non-hydrogen) atoms. The molecule has 1 heterocycles. The van der Waals surface area contributed by atoms with Crippen LogP contribution in [0.5, 0.6) is 0 Å². The predicted molar refractivity (Wildman–Crippen MR) is 86.1 cm³/mol. The summed E-state index contributed by atoms with van der Waals surface area (Å²) in [5.74, 6) is 0.109. The Labute approximate surface area is 127 Å². The number of hydrogen-bond acceptors (Lipinski definition) is 1. The third-order valence-corrected chi connectivity index (χ3v) is 4.14. The van der Waals surface area contributed by atoms with Crippen molar-refractivity contribution in [3.63, 3.8) is 0 Å². The number of nitrogens with one attached hydrogen (secondary N) is 1. The van der Waals surface area contributed by atoms with Gasteiger partial charge in [0.1, 0.15) is 5.92 Å². The van der Waals surface area contributed by atoms with Crippen LogP contribution in [0.1, 0.15) is 51.7 Å². The Bertz CT molecular complexity index is 558. The van der Waals surface area contributed by atoms with Gasteiger partial charge >= 0.3 is 0 Å². The number of carbonyl (C=O) groups is 1. The molecule has 3 nitrogen and oxygen atoms in total. The molecule has 1 aliphatic rings. The van der Waals surface area contributed by atoms with Crippen molar-refractivity contribution in [1.29, 1.82) is 0 Å². The van der Waals surface area contributed by atoms with Crippen LogP contribution in [0, 0.1) is 11.8 Å². The molecule has 1 unspecified atom stereocenters. The summed E-state index contributed by atoms with van der Waals surface area (Å²) in [5, 5.41) is 0. The van der Waals surface area contributed by atoms with E-state index in [1.54, 1.807) is 0 Å². The zero-order chi connectivity index (χ0) is 15.6. The van der Waals surface area contributed by atoms with Crippen LogP contribution in [0.25, 0.3) is 0 Å². The molecule has 1 aromatic carbocycles. The van der Waals surface area contributed by atoms with Gasteiger partial charge < -0.3 is 5.73 Å². The van der Waals surface area contributed by atoms with Crippen molar-refractivity contribution in [1.82, 2.24) is 0 Å². The van der Waals surface area contributed by atoms with Crippen molar-refractivity contribution in [2.75, 3.05) is 0 Å². The predicted octanol–water partition coefficient (Wildman–Crippen LogP) is 1.43. The second kappa shape index (κ2) is 6.00. The van der Waals surface area contributed by atoms with Gasteiger partial charge in [0.2, 0.25) is 5.91 Å². The van der Waals surface area contributed by atoms with E-state index in [0.717, 1.165) is 30.5 Å². The molecule has 0 fully saturated rings. The van der Waals surface area contributed by atoms with Gasteiger partial charge in [0, 0.05) is 25.8 Å². The number of nitrogens with two attached hydrogens (primary N) is 1. The fourth-order valence-electron chi connectivity index (χ4n) is 3.09. The average Bonchev–Trinajstić information content (AvgIpc) is 2.36. The number of carbonyl (C=O) groups excluding carboxylic acids is 1. The van der Waals surface area contributed by atoms with Crippen molar-refractivity contribution in [2.24, 2.45) is 17.6 Å². The maximum Gasteiger partial charge on any atom is 0.231 e. The maximum atomic E-state index is 12.0. The SMILES string of the molecule is CC(C)CCC(C(N)=O)C1=[NH+]C(C)(C)Cc2ccccc21. The molecule has 0 saturated heterocycles. The summed E-state index contributed by atoms with van der Waals surface area (Å²) >= 11 is 0. The van der Waals surface area contributed by atoms with Crippen LogP contribution >= 0.6 is 0 Å². The van der Waals surface area contributed by atoms with Gasteiger partial charge in [-0.3, -0.25) is 4.79 Å². The molecule has 1 atom stereocenters. The van der Waals surface area contributed by atoms with Crippen LogP contribution in [0.2, 0.25) is 0 Å². The normalized spacial score (nSPS) is 18.0. The van der Waals surface area contributed by atoms with Crippen molar-refractivity contribution >= 4 is 11.6 Å². The number of primary amides is 1. The quantitative estimate of drug-likeness (QED) is 0.845. The second-order valence-corrected chi connectivity index (χ2v) is 7.18. The minimum absolute atomic E-state index is 0.0464. The van der Waals surface area contributed by atoms with Crippen LogP contribution in [0.4, 0.5) is 0 Å². The van der Waals surface area contributed by atoms with Gasteiger partial charge in [-0.25, -0.2) is 4.99 Å².